The molecule has 0 saturated carbocycles. The van der Waals surface area contributed by atoms with E-state index in [4.69, 9.17) is 5.73 Å². The summed E-state index contributed by atoms with van der Waals surface area (Å²) in [5.74, 6) is 0. The van der Waals surface area contributed by atoms with Crippen molar-refractivity contribution in [3.63, 3.8) is 0 Å². The Hall–Kier alpha value is -1.79. The minimum Gasteiger partial charge on any atom is -0.363 e. The number of anilines is 1. The van der Waals surface area contributed by atoms with Crippen molar-refractivity contribution in [2.24, 2.45) is 5.73 Å². The highest BCUT2D eigenvalue weighted by Crippen LogP contribution is 2.21. The topological polar surface area (TPSA) is 88.0 Å². The maximum absolute atomic E-state index is 12.2. The van der Waals surface area contributed by atoms with Gasteiger partial charge in [-0.3, -0.25) is 4.72 Å². The van der Waals surface area contributed by atoms with Gasteiger partial charge in [0.1, 0.15) is 4.90 Å². The molecule has 4 N–H and O–H groups in total. The van der Waals surface area contributed by atoms with E-state index in [1.54, 1.807) is 0 Å². The number of aryl methyl sites for hydroxylation is 2. The molecule has 0 unspecified atom stereocenters. The normalized spacial score (nSPS) is 11.5. The van der Waals surface area contributed by atoms with E-state index >= 15 is 0 Å². The Morgan fingerprint density at radius 2 is 2.00 bits per heavy atom. The van der Waals surface area contributed by atoms with E-state index in [-0.39, 0.29) is 11.4 Å². The van der Waals surface area contributed by atoms with Gasteiger partial charge in [0.2, 0.25) is 0 Å². The largest absolute Gasteiger partial charge is 0.363 e. The number of nitrogens with two attached hydrogens (primary N) is 1. The molecule has 2 rings (SSSR count). The standard InChI is InChI=1S/C13H17N3O2S/c1-9-3-4-10(2)13(5-9)16-19(17,18)12-6-11(7-14)15-8-12/h3-6,8,15-16H,7,14H2,1-2H3. The van der Waals surface area contributed by atoms with Crippen LogP contribution in [-0.4, -0.2) is 13.4 Å². The third-order valence-corrected chi connectivity index (χ3v) is 4.23. The average Bonchev–Trinajstić information content (AvgIpc) is 2.83. The zero-order chi connectivity index (χ0) is 14.0. The zero-order valence-corrected chi connectivity index (χ0v) is 11.7. The number of hydrogen-bond acceptors (Lipinski definition) is 3. The highest BCUT2D eigenvalue weighted by molar-refractivity contribution is 7.92. The molecule has 1 aromatic carbocycles. The molecule has 0 fully saturated rings. The van der Waals surface area contributed by atoms with Crippen LogP contribution in [0, 0.1) is 13.8 Å². The molecule has 0 amide bonds. The Balaban J connectivity index is 2.33. The summed E-state index contributed by atoms with van der Waals surface area (Å²) in [6.45, 7) is 4.05. The third kappa shape index (κ3) is 2.97. The van der Waals surface area contributed by atoms with Gasteiger partial charge in [-0.05, 0) is 37.1 Å². The second kappa shape index (κ2) is 5.07. The fourth-order valence-corrected chi connectivity index (χ4v) is 2.88. The predicted octanol–water partition coefficient (Wildman–Crippen LogP) is 1.89. The Labute approximate surface area is 112 Å². The van der Waals surface area contributed by atoms with Gasteiger partial charge in [0.05, 0.1) is 5.69 Å². The van der Waals surface area contributed by atoms with Crippen molar-refractivity contribution in [1.29, 1.82) is 0 Å². The summed E-state index contributed by atoms with van der Waals surface area (Å²) >= 11 is 0. The van der Waals surface area contributed by atoms with Gasteiger partial charge in [0, 0.05) is 18.4 Å². The molecule has 6 heteroatoms. The first-order valence-electron chi connectivity index (χ1n) is 5.90. The van der Waals surface area contributed by atoms with E-state index in [0.717, 1.165) is 11.1 Å². The van der Waals surface area contributed by atoms with Crippen molar-refractivity contribution in [1.82, 2.24) is 4.98 Å². The van der Waals surface area contributed by atoms with Crippen LogP contribution in [0.3, 0.4) is 0 Å². The Bertz CT molecular complexity index is 690. The van der Waals surface area contributed by atoms with E-state index < -0.39 is 10.0 Å². The maximum atomic E-state index is 12.2. The number of hydrogen-bond donors (Lipinski definition) is 3. The molecule has 19 heavy (non-hydrogen) atoms. The molecule has 0 aliphatic heterocycles. The van der Waals surface area contributed by atoms with Crippen LogP contribution in [0.5, 0.6) is 0 Å². The Kier molecular flexibility index (Phi) is 3.64. The molecule has 2 aromatic rings. The lowest BCUT2D eigenvalue weighted by Gasteiger charge is -2.10. The van der Waals surface area contributed by atoms with E-state index in [9.17, 15) is 8.42 Å². The van der Waals surface area contributed by atoms with Gasteiger partial charge in [-0.25, -0.2) is 8.42 Å². The molecule has 102 valence electrons. The summed E-state index contributed by atoms with van der Waals surface area (Å²) in [6, 6.07) is 7.17. The number of aromatic nitrogens is 1. The molecular weight excluding hydrogens is 262 g/mol. The molecule has 0 atom stereocenters. The number of rotatable bonds is 4. The van der Waals surface area contributed by atoms with Crippen LogP contribution in [0.25, 0.3) is 0 Å². The van der Waals surface area contributed by atoms with Crippen LogP contribution >= 0.6 is 0 Å². The van der Waals surface area contributed by atoms with Gasteiger partial charge < -0.3 is 10.7 Å². The SMILES string of the molecule is Cc1ccc(C)c(NS(=O)(=O)c2c[nH]c(CN)c2)c1. The summed E-state index contributed by atoms with van der Waals surface area (Å²) in [7, 11) is -3.58. The lowest BCUT2D eigenvalue weighted by molar-refractivity contribution is 0.601. The molecule has 1 heterocycles. The molecule has 0 aliphatic rings. The maximum Gasteiger partial charge on any atom is 0.263 e. The van der Waals surface area contributed by atoms with Crippen LogP contribution < -0.4 is 10.5 Å². The Morgan fingerprint density at radius 1 is 1.26 bits per heavy atom. The average molecular weight is 279 g/mol. The number of H-pyrrole nitrogens is 1. The summed E-state index contributed by atoms with van der Waals surface area (Å²) in [5, 5.41) is 0. The third-order valence-electron chi connectivity index (χ3n) is 2.88. The van der Waals surface area contributed by atoms with Gasteiger partial charge in [-0.1, -0.05) is 12.1 Å². The number of nitrogens with one attached hydrogen (secondary N) is 2. The number of aromatic amines is 1. The fraction of sp³-hybridized carbons (Fsp3) is 0.231. The van der Waals surface area contributed by atoms with E-state index in [1.165, 1.54) is 12.3 Å². The van der Waals surface area contributed by atoms with E-state index in [2.05, 4.69) is 9.71 Å². The zero-order valence-electron chi connectivity index (χ0n) is 10.9. The van der Waals surface area contributed by atoms with Gasteiger partial charge >= 0.3 is 0 Å². The first-order chi connectivity index (χ1) is 8.92. The molecule has 0 aliphatic carbocycles. The van der Waals surface area contributed by atoms with Gasteiger partial charge in [-0.15, -0.1) is 0 Å². The second-order valence-electron chi connectivity index (χ2n) is 4.49. The van der Waals surface area contributed by atoms with Gasteiger partial charge in [-0.2, -0.15) is 0 Å². The second-order valence-corrected chi connectivity index (χ2v) is 6.17. The molecule has 5 nitrogen and oxygen atoms in total. The first-order valence-corrected chi connectivity index (χ1v) is 7.38. The van der Waals surface area contributed by atoms with Crippen molar-refractivity contribution < 1.29 is 8.42 Å². The van der Waals surface area contributed by atoms with Crippen molar-refractivity contribution in [2.75, 3.05) is 4.72 Å². The van der Waals surface area contributed by atoms with Crippen LogP contribution in [0.1, 0.15) is 16.8 Å². The molecular formula is C13H17N3O2S. The van der Waals surface area contributed by atoms with Crippen molar-refractivity contribution in [2.45, 2.75) is 25.3 Å². The molecule has 1 aromatic heterocycles. The van der Waals surface area contributed by atoms with Gasteiger partial charge in [0.15, 0.2) is 0 Å². The van der Waals surface area contributed by atoms with Crippen molar-refractivity contribution >= 4 is 15.7 Å². The smallest absolute Gasteiger partial charge is 0.263 e. The van der Waals surface area contributed by atoms with Crippen LogP contribution in [0.4, 0.5) is 5.69 Å². The minimum absolute atomic E-state index is 0.189. The summed E-state index contributed by atoms with van der Waals surface area (Å²) in [5.41, 5.74) is 8.61. The monoisotopic (exact) mass is 279 g/mol. The molecule has 0 spiro atoms. The van der Waals surface area contributed by atoms with Gasteiger partial charge in [0.25, 0.3) is 10.0 Å². The Morgan fingerprint density at radius 3 is 2.63 bits per heavy atom. The lowest BCUT2D eigenvalue weighted by Crippen LogP contribution is -2.13. The highest BCUT2D eigenvalue weighted by atomic mass is 32.2. The van der Waals surface area contributed by atoms with Crippen LogP contribution in [-0.2, 0) is 16.6 Å². The van der Waals surface area contributed by atoms with E-state index in [0.29, 0.717) is 11.4 Å². The summed E-state index contributed by atoms with van der Waals surface area (Å²) in [4.78, 5) is 3.02. The predicted molar refractivity (Wildman–Crippen MR) is 75.4 cm³/mol. The van der Waals surface area contributed by atoms with Crippen molar-refractivity contribution in [3.8, 4) is 0 Å². The number of benzene rings is 1. The van der Waals surface area contributed by atoms with Crippen LogP contribution in [0.15, 0.2) is 35.4 Å². The first kappa shape index (κ1) is 13.6. The molecule has 0 bridgehead atoms. The summed E-state index contributed by atoms with van der Waals surface area (Å²) in [6.07, 6.45) is 1.44. The summed E-state index contributed by atoms with van der Waals surface area (Å²) < 4.78 is 27.0. The molecule has 0 radical (unpaired) electrons. The minimum atomic E-state index is -3.58. The highest BCUT2D eigenvalue weighted by Gasteiger charge is 2.16. The fourth-order valence-electron chi connectivity index (χ4n) is 1.74. The number of sulfonamides is 1. The van der Waals surface area contributed by atoms with Crippen LogP contribution in [0.2, 0.25) is 0 Å². The molecule has 0 saturated heterocycles. The van der Waals surface area contributed by atoms with Crippen molar-refractivity contribution in [3.05, 3.63) is 47.3 Å². The quantitative estimate of drug-likeness (QED) is 0.798. The van der Waals surface area contributed by atoms with E-state index in [1.807, 2.05) is 32.0 Å². The lowest BCUT2D eigenvalue weighted by atomic mass is 10.1.